The topological polar surface area (TPSA) is 120 Å². The Hall–Kier alpha value is -2.13. The summed E-state index contributed by atoms with van der Waals surface area (Å²) in [4.78, 5) is 8.10. The van der Waals surface area contributed by atoms with E-state index in [0.717, 1.165) is 38.8 Å². The fourth-order valence-electron chi connectivity index (χ4n) is 1.96. The van der Waals surface area contributed by atoms with Crippen LogP contribution in [-0.4, -0.2) is 44.4 Å². The molecule has 9 heteroatoms. The Bertz CT molecular complexity index is 449. The van der Waals surface area contributed by atoms with Gasteiger partial charge in [-0.2, -0.15) is 23.2 Å². The number of hydrogen-bond acceptors (Lipinski definition) is 5. The molecular formula is C15H28N8S. The van der Waals surface area contributed by atoms with E-state index in [1.54, 1.807) is 7.05 Å². The molecule has 4 N–H and O–H groups in total. The van der Waals surface area contributed by atoms with Gasteiger partial charge in [-0.1, -0.05) is 25.7 Å². The van der Waals surface area contributed by atoms with Crippen LogP contribution < -0.4 is 21.3 Å². The lowest BCUT2D eigenvalue weighted by atomic mass is 10.1. The molecule has 0 radical (unpaired) electrons. The highest BCUT2D eigenvalue weighted by atomic mass is 32.1. The fourth-order valence-corrected chi connectivity index (χ4v) is 2.06. The van der Waals surface area contributed by atoms with E-state index in [4.69, 9.17) is 10.5 Å². The van der Waals surface area contributed by atoms with Crippen molar-refractivity contribution in [3.05, 3.63) is 0 Å². The van der Waals surface area contributed by atoms with Gasteiger partial charge in [-0.25, -0.2) is 0 Å². The molecule has 0 saturated heterocycles. The first kappa shape index (κ1) is 21.9. The van der Waals surface area contributed by atoms with E-state index in [1.165, 1.54) is 12.8 Å². The highest BCUT2D eigenvalue weighted by Crippen LogP contribution is 2.04. The van der Waals surface area contributed by atoms with Crippen molar-refractivity contribution in [1.29, 1.82) is 10.5 Å². The molecule has 0 aliphatic carbocycles. The van der Waals surface area contributed by atoms with Crippen LogP contribution in [-0.2, 0) is 0 Å². The predicted molar refractivity (Wildman–Crippen MR) is 101 cm³/mol. The van der Waals surface area contributed by atoms with Crippen molar-refractivity contribution in [1.82, 2.24) is 21.3 Å². The van der Waals surface area contributed by atoms with Crippen LogP contribution in [0.25, 0.3) is 0 Å². The smallest absolute Gasteiger partial charge is 0.204 e. The predicted octanol–water partition coefficient (Wildman–Crippen LogP) is 0.919. The number of rotatable bonds is 11. The maximum Gasteiger partial charge on any atom is 0.204 e. The van der Waals surface area contributed by atoms with Gasteiger partial charge in [-0.3, -0.25) is 20.6 Å². The van der Waals surface area contributed by atoms with E-state index < -0.39 is 0 Å². The lowest BCUT2D eigenvalue weighted by Gasteiger charge is -2.08. The van der Waals surface area contributed by atoms with Crippen molar-refractivity contribution in [3.63, 3.8) is 0 Å². The van der Waals surface area contributed by atoms with Crippen LogP contribution in [0, 0.1) is 22.9 Å². The lowest BCUT2D eigenvalue weighted by Crippen LogP contribution is -2.35. The van der Waals surface area contributed by atoms with Crippen molar-refractivity contribution in [2.45, 2.75) is 38.5 Å². The van der Waals surface area contributed by atoms with Crippen LogP contribution in [0.5, 0.6) is 0 Å². The molecule has 0 heterocycles. The first-order chi connectivity index (χ1) is 11.8. The Labute approximate surface area is 150 Å². The number of nitrogens with zero attached hydrogens (tertiary/aromatic N) is 4. The molecule has 0 bridgehead atoms. The number of aliphatic imine (C=N–C) groups is 2. The van der Waals surface area contributed by atoms with E-state index in [-0.39, 0.29) is 0 Å². The summed E-state index contributed by atoms with van der Waals surface area (Å²) in [6, 6.07) is 0. The van der Waals surface area contributed by atoms with Crippen molar-refractivity contribution in [3.8, 4) is 12.4 Å². The maximum atomic E-state index is 8.63. The lowest BCUT2D eigenvalue weighted by molar-refractivity contribution is 0.584. The van der Waals surface area contributed by atoms with Crippen LogP contribution in [0.15, 0.2) is 9.98 Å². The zero-order chi connectivity index (χ0) is 17.9. The zero-order valence-electron chi connectivity index (χ0n) is 14.3. The summed E-state index contributed by atoms with van der Waals surface area (Å²) in [7, 11) is 1.64. The first-order valence-electron chi connectivity index (χ1n) is 8.18. The molecule has 0 rings (SSSR count). The molecule has 134 valence electrons. The van der Waals surface area contributed by atoms with E-state index in [9.17, 15) is 0 Å². The molecule has 24 heavy (non-hydrogen) atoms. The van der Waals surface area contributed by atoms with E-state index in [2.05, 4.69) is 43.9 Å². The van der Waals surface area contributed by atoms with Gasteiger partial charge in [0.25, 0.3) is 0 Å². The van der Waals surface area contributed by atoms with Crippen LogP contribution in [0.2, 0.25) is 0 Å². The van der Waals surface area contributed by atoms with Crippen LogP contribution in [0.1, 0.15) is 38.5 Å². The summed E-state index contributed by atoms with van der Waals surface area (Å²) >= 11 is 4.09. The number of nitriles is 2. The van der Waals surface area contributed by atoms with Gasteiger partial charge in [-0.15, -0.1) is 0 Å². The highest BCUT2D eigenvalue weighted by Gasteiger charge is 1.97. The monoisotopic (exact) mass is 352 g/mol. The SMILES string of the molecule is C/N=C(/NC#N)NCCCCCCCCN/C(=N\CCS)NC#N. The van der Waals surface area contributed by atoms with E-state index in [0.29, 0.717) is 24.2 Å². The fraction of sp³-hybridized carbons (Fsp3) is 0.733. The third kappa shape index (κ3) is 13.5. The molecule has 0 amide bonds. The highest BCUT2D eigenvalue weighted by molar-refractivity contribution is 7.80. The van der Waals surface area contributed by atoms with E-state index in [1.807, 2.05) is 12.4 Å². The van der Waals surface area contributed by atoms with E-state index >= 15 is 0 Å². The second kappa shape index (κ2) is 17.2. The molecule has 0 atom stereocenters. The standard InChI is InChI=1S/C15H28N8S/c1-18-14(22-12-16)19-8-6-4-2-3-5-7-9-20-15(23-13-17)21-10-11-24/h24H,2-11H2,1H3,(H2,18,19,22)(H2,20,21,23). The normalized spacial score (nSPS) is 11.3. The molecule has 0 unspecified atom stereocenters. The summed E-state index contributed by atoms with van der Waals surface area (Å²) in [5.74, 6) is 1.70. The van der Waals surface area contributed by atoms with Gasteiger partial charge < -0.3 is 10.6 Å². The number of nitrogens with one attached hydrogen (secondary N) is 4. The zero-order valence-corrected chi connectivity index (χ0v) is 15.2. The largest absolute Gasteiger partial charge is 0.356 e. The number of unbranched alkanes of at least 4 members (excludes halogenated alkanes) is 5. The maximum absolute atomic E-state index is 8.63. The molecule has 8 nitrogen and oxygen atoms in total. The van der Waals surface area contributed by atoms with Gasteiger partial charge in [0.1, 0.15) is 0 Å². The quantitative estimate of drug-likeness (QED) is 0.0942. The van der Waals surface area contributed by atoms with Crippen molar-refractivity contribution in [2.24, 2.45) is 9.98 Å². The molecular weight excluding hydrogens is 324 g/mol. The third-order valence-electron chi connectivity index (χ3n) is 3.13. The Balaban J connectivity index is 3.51. The van der Waals surface area contributed by atoms with Gasteiger partial charge in [0, 0.05) is 25.9 Å². The Kier molecular flexibility index (Phi) is 15.7. The van der Waals surface area contributed by atoms with Gasteiger partial charge >= 0.3 is 0 Å². The number of hydrogen-bond donors (Lipinski definition) is 5. The van der Waals surface area contributed by atoms with Gasteiger partial charge in [0.05, 0.1) is 6.54 Å². The molecule has 0 aromatic rings. The average molecular weight is 353 g/mol. The molecule has 0 aromatic carbocycles. The van der Waals surface area contributed by atoms with Gasteiger partial charge in [0.15, 0.2) is 12.4 Å². The van der Waals surface area contributed by atoms with Crippen molar-refractivity contribution >= 4 is 24.5 Å². The summed E-state index contributed by atoms with van der Waals surface area (Å²) in [5, 5.41) is 28.3. The molecule has 0 saturated carbocycles. The summed E-state index contributed by atoms with van der Waals surface area (Å²) in [5.41, 5.74) is 0. The molecule has 0 fully saturated rings. The third-order valence-corrected chi connectivity index (χ3v) is 3.33. The Morgan fingerprint density at radius 2 is 1.38 bits per heavy atom. The second-order valence-electron chi connectivity index (χ2n) is 4.97. The van der Waals surface area contributed by atoms with Crippen LogP contribution in [0.3, 0.4) is 0 Å². The Morgan fingerprint density at radius 3 is 1.88 bits per heavy atom. The molecule has 0 aliphatic heterocycles. The summed E-state index contributed by atoms with van der Waals surface area (Å²) in [6.45, 7) is 2.20. The second-order valence-corrected chi connectivity index (χ2v) is 5.42. The number of thiol groups is 1. The molecule has 0 spiro atoms. The minimum absolute atomic E-state index is 0.518. The minimum atomic E-state index is 0.518. The minimum Gasteiger partial charge on any atom is -0.356 e. The van der Waals surface area contributed by atoms with Crippen LogP contribution >= 0.6 is 12.6 Å². The Morgan fingerprint density at radius 1 is 0.875 bits per heavy atom. The van der Waals surface area contributed by atoms with Gasteiger partial charge in [-0.05, 0) is 12.8 Å². The average Bonchev–Trinajstić information content (AvgIpc) is 2.60. The summed E-state index contributed by atoms with van der Waals surface area (Å²) < 4.78 is 0. The van der Waals surface area contributed by atoms with Crippen molar-refractivity contribution < 1.29 is 0 Å². The molecule has 0 aliphatic rings. The molecule has 0 aromatic heterocycles. The summed E-state index contributed by atoms with van der Waals surface area (Å²) in [6.07, 6.45) is 10.5. The first-order valence-corrected chi connectivity index (χ1v) is 8.81. The van der Waals surface area contributed by atoms with Crippen molar-refractivity contribution in [2.75, 3.05) is 32.4 Å². The number of guanidine groups is 2. The van der Waals surface area contributed by atoms with Gasteiger partial charge in [0.2, 0.25) is 11.9 Å². The van der Waals surface area contributed by atoms with Crippen LogP contribution in [0.4, 0.5) is 0 Å².